The summed E-state index contributed by atoms with van der Waals surface area (Å²) in [5.41, 5.74) is 5.05. The van der Waals surface area contributed by atoms with E-state index < -0.39 is 93.9 Å². The zero-order chi connectivity index (χ0) is 44.4. The minimum Gasteiger partial charge on any atom is -0.478 e. The number of rotatable bonds is 15. The Bertz CT molecular complexity index is 2590. The van der Waals surface area contributed by atoms with Crippen LogP contribution in [0.25, 0.3) is 5.78 Å². The standard InChI is InChI=1S/C34H29N9O15S3/c1-11-5-20(43-34(36-11)39-26(40-43)32(53)54)59-8-16-9-60-29-22(28(48)42(29)23(16)30(49)50)38-27(47)21(17-10-61-33(35)37-17)41-58-24(31(51)52)15-6-18(55-12(2)44)25(57-14(4)46)19(7-15)56-13(3)45/h5-7,10,22,24,29H,8-9H2,1-4H3,(H2,35,37)(H,38,47)(H,49,50)(H,51,52)(H,53,54)/b41-21-/t22-,24+,29-/m1/s1. The number of carbonyl (C=O) groups is 8. The van der Waals surface area contributed by atoms with E-state index >= 15 is 0 Å². The fourth-order valence-electron chi connectivity index (χ4n) is 5.72. The van der Waals surface area contributed by atoms with Crippen molar-refractivity contribution in [3.8, 4) is 17.2 Å². The Morgan fingerprint density at radius 2 is 1.62 bits per heavy atom. The van der Waals surface area contributed by atoms with Gasteiger partial charge in [0.25, 0.3) is 23.4 Å². The number of amides is 2. The van der Waals surface area contributed by atoms with Gasteiger partial charge in [0.1, 0.15) is 27.8 Å². The Balaban J connectivity index is 1.26. The van der Waals surface area contributed by atoms with Gasteiger partial charge in [-0.25, -0.2) is 24.4 Å². The lowest BCUT2D eigenvalue weighted by Crippen LogP contribution is -2.71. The molecule has 0 saturated carbocycles. The molecule has 0 spiro atoms. The van der Waals surface area contributed by atoms with Crippen LogP contribution in [0.5, 0.6) is 17.2 Å². The predicted octanol–water partition coefficient (Wildman–Crippen LogP) is 1.02. The molecule has 61 heavy (non-hydrogen) atoms. The molecule has 1 aromatic carbocycles. The number of thioether (sulfide) groups is 2. The zero-order valence-corrected chi connectivity index (χ0v) is 34.1. The minimum atomic E-state index is -2.13. The predicted molar refractivity (Wildman–Crippen MR) is 208 cm³/mol. The average Bonchev–Trinajstić information content (AvgIpc) is 3.80. The van der Waals surface area contributed by atoms with Crippen LogP contribution in [0, 0.1) is 6.92 Å². The number of carboxylic acid groups (broad SMARTS) is 3. The molecule has 0 bridgehead atoms. The number of aliphatic carboxylic acids is 2. The number of aromatic nitrogens is 5. The molecular weight excluding hydrogens is 871 g/mol. The summed E-state index contributed by atoms with van der Waals surface area (Å²) in [6.45, 7) is 4.64. The lowest BCUT2D eigenvalue weighted by atomic mass is 10.0. The topological polar surface area (TPSA) is 344 Å². The molecule has 2 aliphatic heterocycles. The normalized spacial score (nSPS) is 16.6. The van der Waals surface area contributed by atoms with E-state index in [1.807, 2.05) is 0 Å². The molecule has 24 nitrogen and oxygen atoms in total. The molecule has 5 heterocycles. The summed E-state index contributed by atoms with van der Waals surface area (Å²) in [5, 5.41) is 40.7. The van der Waals surface area contributed by atoms with E-state index in [2.05, 4.69) is 30.5 Å². The van der Waals surface area contributed by atoms with Crippen LogP contribution in [0.1, 0.15) is 54.4 Å². The Labute approximate surface area is 353 Å². The molecule has 0 radical (unpaired) electrons. The van der Waals surface area contributed by atoms with Gasteiger partial charge >= 0.3 is 35.8 Å². The van der Waals surface area contributed by atoms with Gasteiger partial charge in [-0.05, 0) is 30.7 Å². The van der Waals surface area contributed by atoms with Gasteiger partial charge in [-0.2, -0.15) is 9.50 Å². The number of nitrogens with zero attached hydrogens (tertiary/aromatic N) is 7. The highest BCUT2D eigenvalue weighted by atomic mass is 32.2. The zero-order valence-electron chi connectivity index (χ0n) is 31.6. The third-order valence-electron chi connectivity index (χ3n) is 8.08. The molecule has 2 aliphatic rings. The molecular formula is C34H29N9O15S3. The molecule has 318 valence electrons. The second-order valence-corrected chi connectivity index (χ2v) is 15.5. The van der Waals surface area contributed by atoms with Crippen molar-refractivity contribution in [3.63, 3.8) is 0 Å². The molecule has 6 rings (SSSR count). The van der Waals surface area contributed by atoms with Crippen LogP contribution < -0.4 is 25.3 Å². The van der Waals surface area contributed by atoms with Crippen molar-refractivity contribution in [3.05, 3.63) is 57.6 Å². The Kier molecular flexibility index (Phi) is 12.5. The quantitative estimate of drug-likeness (QED) is 0.0211. The summed E-state index contributed by atoms with van der Waals surface area (Å²) < 4.78 is 16.5. The molecule has 2 amide bonds. The third kappa shape index (κ3) is 9.36. The summed E-state index contributed by atoms with van der Waals surface area (Å²) in [5.74, 6) is -11.2. The molecule has 3 atom stereocenters. The van der Waals surface area contributed by atoms with Gasteiger partial charge in [0, 0.05) is 48.9 Å². The summed E-state index contributed by atoms with van der Waals surface area (Å²) >= 11 is 3.13. The second kappa shape index (κ2) is 17.6. The van der Waals surface area contributed by atoms with Crippen molar-refractivity contribution in [1.29, 1.82) is 0 Å². The Morgan fingerprint density at radius 3 is 2.18 bits per heavy atom. The number of benzene rings is 1. The lowest BCUT2D eigenvalue weighted by molar-refractivity contribution is -0.151. The molecule has 27 heteroatoms. The number of hydrogen-bond acceptors (Lipinski definition) is 21. The number of fused-ring (bicyclic) bond motifs is 2. The SMILES string of the molecule is CC(=O)Oc1cc([C@H](O/N=C(\C(=O)N[C@@H]2C(=O)N3C(C(=O)O)=C(CSc4cc(C)nc5nc(C(=O)O)nn45)CS[C@H]23)c2csc(N)n2)C(=O)O)cc(OC(C)=O)c1OC(C)=O. The van der Waals surface area contributed by atoms with E-state index in [1.165, 1.54) is 9.90 Å². The van der Waals surface area contributed by atoms with E-state index in [0.29, 0.717) is 16.3 Å². The number of anilines is 1. The van der Waals surface area contributed by atoms with Crippen LogP contribution in [-0.2, 0) is 38.4 Å². The number of carboxylic acids is 3. The number of nitrogen functional groups attached to an aromatic ring is 1. The van der Waals surface area contributed by atoms with Gasteiger partial charge < -0.3 is 45.4 Å². The first kappa shape index (κ1) is 43.4. The number of aromatic carboxylic acids is 1. The van der Waals surface area contributed by atoms with Gasteiger partial charge in [-0.1, -0.05) is 5.16 Å². The number of carbonyl (C=O) groups excluding carboxylic acids is 5. The summed E-state index contributed by atoms with van der Waals surface area (Å²) in [6, 6.07) is 2.17. The van der Waals surface area contributed by atoms with Crippen LogP contribution >= 0.6 is 34.9 Å². The molecule has 4 aromatic rings. The highest BCUT2D eigenvalue weighted by molar-refractivity contribution is 8.01. The second-order valence-electron chi connectivity index (χ2n) is 12.6. The third-order valence-corrected chi connectivity index (χ3v) is 11.2. The largest absolute Gasteiger partial charge is 0.478 e. The highest BCUT2D eigenvalue weighted by Gasteiger charge is 2.54. The first-order valence-corrected chi connectivity index (χ1v) is 20.0. The van der Waals surface area contributed by atoms with Crippen LogP contribution in [-0.4, -0.2) is 121 Å². The van der Waals surface area contributed by atoms with E-state index in [0.717, 1.165) is 72.7 Å². The molecule has 0 aliphatic carbocycles. The number of thiazole rings is 1. The number of aryl methyl sites for hydroxylation is 1. The van der Waals surface area contributed by atoms with Gasteiger partial charge in [0.05, 0.1) is 0 Å². The van der Waals surface area contributed by atoms with Gasteiger partial charge in [-0.3, -0.25) is 28.9 Å². The van der Waals surface area contributed by atoms with Crippen molar-refractivity contribution in [2.24, 2.45) is 5.16 Å². The van der Waals surface area contributed by atoms with Crippen LogP contribution in [0.15, 0.2) is 45.0 Å². The first-order valence-electron chi connectivity index (χ1n) is 17.0. The van der Waals surface area contributed by atoms with Crippen molar-refractivity contribution >= 4 is 99.1 Å². The fraction of sp³-hybridized carbons (Fsp3) is 0.265. The van der Waals surface area contributed by atoms with Crippen molar-refractivity contribution in [2.45, 2.75) is 50.2 Å². The van der Waals surface area contributed by atoms with Crippen LogP contribution in [0.3, 0.4) is 0 Å². The number of ether oxygens (including phenoxy) is 3. The van der Waals surface area contributed by atoms with E-state index in [1.54, 1.807) is 13.0 Å². The maximum absolute atomic E-state index is 13.8. The number of esters is 3. The van der Waals surface area contributed by atoms with Crippen LogP contribution in [0.2, 0.25) is 0 Å². The van der Waals surface area contributed by atoms with Crippen molar-refractivity contribution < 1.29 is 72.7 Å². The Hall–Kier alpha value is -7.13. The van der Waals surface area contributed by atoms with E-state index in [-0.39, 0.29) is 39.4 Å². The molecule has 1 saturated heterocycles. The molecule has 6 N–H and O–H groups in total. The Morgan fingerprint density at radius 1 is 0.967 bits per heavy atom. The maximum atomic E-state index is 13.8. The smallest absolute Gasteiger partial charge is 0.375 e. The molecule has 3 aromatic heterocycles. The van der Waals surface area contributed by atoms with Gasteiger partial charge in [0.2, 0.25) is 11.9 Å². The monoisotopic (exact) mass is 899 g/mol. The number of β-lactam (4-membered cyclic amide) rings is 1. The summed E-state index contributed by atoms with van der Waals surface area (Å²) in [7, 11) is 0. The molecule has 1 fully saturated rings. The van der Waals surface area contributed by atoms with Gasteiger partial charge in [-0.15, -0.1) is 40.0 Å². The number of nitrogens with two attached hydrogens (primary N) is 1. The number of nitrogens with one attached hydrogen (secondary N) is 1. The van der Waals surface area contributed by atoms with E-state index in [4.69, 9.17) is 24.8 Å². The van der Waals surface area contributed by atoms with Crippen LogP contribution in [0.4, 0.5) is 5.13 Å². The van der Waals surface area contributed by atoms with Crippen molar-refractivity contribution in [1.82, 2.24) is 34.8 Å². The fourth-order valence-corrected chi connectivity index (χ4v) is 8.80. The van der Waals surface area contributed by atoms with E-state index in [9.17, 15) is 53.7 Å². The van der Waals surface area contributed by atoms with Crippen molar-refractivity contribution in [2.75, 3.05) is 17.2 Å². The lowest BCUT2D eigenvalue weighted by Gasteiger charge is -2.49. The minimum absolute atomic E-state index is 0.0192. The molecule has 0 unspecified atom stereocenters. The average molecular weight is 900 g/mol. The summed E-state index contributed by atoms with van der Waals surface area (Å²) in [4.78, 5) is 118. The maximum Gasteiger partial charge on any atom is 0.375 e. The highest BCUT2D eigenvalue weighted by Crippen LogP contribution is 2.43. The van der Waals surface area contributed by atoms with Gasteiger partial charge in [0.15, 0.2) is 22.3 Å². The summed E-state index contributed by atoms with van der Waals surface area (Å²) in [6.07, 6.45) is -2.13. The number of hydrogen-bond donors (Lipinski definition) is 5. The first-order chi connectivity index (χ1) is 28.8. The number of oxime groups is 1.